The summed E-state index contributed by atoms with van der Waals surface area (Å²) < 4.78 is 26.8. The van der Waals surface area contributed by atoms with Gasteiger partial charge in [-0.1, -0.05) is 24.3 Å². The monoisotopic (exact) mass is 332 g/mol. The SMILES string of the molecule is C=CCCC(=O)c1cc(N(C)C)cn1S(=O)(=O)c1ccccc1. The Labute approximate surface area is 136 Å². The lowest BCUT2D eigenvalue weighted by Crippen LogP contribution is -2.17. The van der Waals surface area contributed by atoms with Crippen molar-refractivity contribution in [1.29, 1.82) is 0 Å². The first-order chi connectivity index (χ1) is 10.9. The van der Waals surface area contributed by atoms with Crippen LogP contribution in [0.5, 0.6) is 0 Å². The van der Waals surface area contributed by atoms with E-state index in [1.807, 2.05) is 0 Å². The van der Waals surface area contributed by atoms with Gasteiger partial charge in [0.1, 0.15) is 5.69 Å². The highest BCUT2D eigenvalue weighted by atomic mass is 32.2. The molecule has 1 heterocycles. The Bertz CT molecular complexity index is 806. The summed E-state index contributed by atoms with van der Waals surface area (Å²) >= 11 is 0. The summed E-state index contributed by atoms with van der Waals surface area (Å²) in [7, 11) is -0.212. The summed E-state index contributed by atoms with van der Waals surface area (Å²) in [6, 6.07) is 9.69. The molecule has 23 heavy (non-hydrogen) atoms. The summed E-state index contributed by atoms with van der Waals surface area (Å²) in [4.78, 5) is 14.3. The predicted octanol–water partition coefficient (Wildman–Crippen LogP) is 2.94. The van der Waals surface area contributed by atoms with Crippen LogP contribution in [0.3, 0.4) is 0 Å². The number of rotatable bonds is 7. The van der Waals surface area contributed by atoms with Gasteiger partial charge in [-0.3, -0.25) is 4.79 Å². The van der Waals surface area contributed by atoms with Crippen molar-refractivity contribution in [2.45, 2.75) is 17.7 Å². The molecule has 0 aliphatic rings. The van der Waals surface area contributed by atoms with Crippen LogP contribution in [-0.4, -0.2) is 32.3 Å². The number of carbonyl (C=O) groups excluding carboxylic acids is 1. The second-order valence-electron chi connectivity index (χ2n) is 5.34. The quantitative estimate of drug-likeness (QED) is 0.578. The van der Waals surface area contributed by atoms with E-state index >= 15 is 0 Å². The Morgan fingerprint density at radius 2 is 1.91 bits per heavy atom. The van der Waals surface area contributed by atoms with Gasteiger partial charge in [-0.25, -0.2) is 12.4 Å². The molecule has 0 bridgehead atoms. The first-order valence-corrected chi connectivity index (χ1v) is 8.66. The van der Waals surface area contributed by atoms with E-state index in [9.17, 15) is 13.2 Å². The van der Waals surface area contributed by atoms with E-state index in [1.165, 1.54) is 18.3 Å². The highest BCUT2D eigenvalue weighted by Gasteiger charge is 2.24. The van der Waals surface area contributed by atoms with Crippen molar-refractivity contribution in [2.75, 3.05) is 19.0 Å². The van der Waals surface area contributed by atoms with E-state index in [4.69, 9.17) is 0 Å². The molecule has 0 unspecified atom stereocenters. The van der Waals surface area contributed by atoms with E-state index in [1.54, 1.807) is 49.3 Å². The molecule has 0 N–H and O–H groups in total. The summed E-state index contributed by atoms with van der Waals surface area (Å²) in [5.41, 5.74) is 0.825. The van der Waals surface area contributed by atoms with Crippen LogP contribution in [0.1, 0.15) is 23.3 Å². The first kappa shape index (κ1) is 17.0. The van der Waals surface area contributed by atoms with E-state index in [2.05, 4.69) is 6.58 Å². The lowest BCUT2D eigenvalue weighted by molar-refractivity contribution is 0.0978. The summed E-state index contributed by atoms with van der Waals surface area (Å²) in [5, 5.41) is 0. The molecular weight excluding hydrogens is 312 g/mol. The van der Waals surface area contributed by atoms with Crippen LogP contribution < -0.4 is 4.90 Å². The van der Waals surface area contributed by atoms with Gasteiger partial charge < -0.3 is 4.90 Å². The van der Waals surface area contributed by atoms with E-state index < -0.39 is 10.0 Å². The smallest absolute Gasteiger partial charge is 0.268 e. The number of anilines is 1. The second kappa shape index (κ2) is 6.83. The molecule has 1 aromatic heterocycles. The van der Waals surface area contributed by atoms with Gasteiger partial charge in [0.15, 0.2) is 5.78 Å². The fraction of sp³-hybridized carbons (Fsp3) is 0.235. The highest BCUT2D eigenvalue weighted by molar-refractivity contribution is 7.90. The number of carbonyl (C=O) groups is 1. The molecule has 0 amide bonds. The van der Waals surface area contributed by atoms with Crippen molar-refractivity contribution in [3.05, 3.63) is 60.9 Å². The van der Waals surface area contributed by atoms with Crippen molar-refractivity contribution >= 4 is 21.5 Å². The van der Waals surface area contributed by atoms with Crippen molar-refractivity contribution in [3.63, 3.8) is 0 Å². The molecule has 0 spiro atoms. The van der Waals surface area contributed by atoms with Crippen LogP contribution >= 0.6 is 0 Å². The number of Topliss-reactive ketones (excluding diaryl/α,β-unsaturated/α-hetero) is 1. The van der Waals surface area contributed by atoms with Gasteiger partial charge in [0.25, 0.3) is 10.0 Å². The average molecular weight is 332 g/mol. The minimum atomic E-state index is -3.81. The van der Waals surface area contributed by atoms with E-state index in [-0.39, 0.29) is 22.8 Å². The minimum absolute atomic E-state index is 0.152. The molecular formula is C17H20N2O3S. The van der Waals surface area contributed by atoms with Gasteiger partial charge in [0.2, 0.25) is 0 Å². The summed E-state index contributed by atoms with van der Waals surface area (Å²) in [6.45, 7) is 3.59. The van der Waals surface area contributed by atoms with E-state index in [0.29, 0.717) is 12.1 Å². The minimum Gasteiger partial charge on any atom is -0.376 e. The Balaban J connectivity index is 2.56. The molecule has 0 radical (unpaired) electrons. The van der Waals surface area contributed by atoms with Gasteiger partial charge in [-0.2, -0.15) is 0 Å². The normalized spacial score (nSPS) is 11.2. The molecule has 0 aliphatic carbocycles. The zero-order valence-electron chi connectivity index (χ0n) is 13.3. The van der Waals surface area contributed by atoms with Crippen LogP contribution in [0.4, 0.5) is 5.69 Å². The maximum Gasteiger partial charge on any atom is 0.268 e. The third-order valence-electron chi connectivity index (χ3n) is 3.45. The van der Waals surface area contributed by atoms with Crippen LogP contribution in [0, 0.1) is 0 Å². The molecule has 122 valence electrons. The second-order valence-corrected chi connectivity index (χ2v) is 7.16. The molecule has 1 aromatic carbocycles. The molecule has 0 atom stereocenters. The molecule has 0 aliphatic heterocycles. The van der Waals surface area contributed by atoms with Gasteiger partial charge >= 0.3 is 0 Å². The maximum atomic E-state index is 12.8. The molecule has 0 fully saturated rings. The van der Waals surface area contributed by atoms with Crippen LogP contribution in [0.2, 0.25) is 0 Å². The third kappa shape index (κ3) is 3.53. The molecule has 2 aromatic rings. The number of allylic oxidation sites excluding steroid dienone is 1. The fourth-order valence-electron chi connectivity index (χ4n) is 2.14. The summed E-state index contributed by atoms with van der Waals surface area (Å²) in [6.07, 6.45) is 3.85. The Hall–Kier alpha value is -2.34. The topological polar surface area (TPSA) is 59.4 Å². The number of hydrogen-bond acceptors (Lipinski definition) is 4. The lowest BCUT2D eigenvalue weighted by atomic mass is 10.2. The Morgan fingerprint density at radius 3 is 2.48 bits per heavy atom. The molecule has 2 rings (SSSR count). The molecule has 0 saturated carbocycles. The lowest BCUT2D eigenvalue weighted by Gasteiger charge is -2.10. The number of ketones is 1. The number of nitrogens with zero attached hydrogens (tertiary/aromatic N) is 2. The zero-order valence-corrected chi connectivity index (χ0v) is 14.1. The van der Waals surface area contributed by atoms with Crippen molar-refractivity contribution in [3.8, 4) is 0 Å². The maximum absolute atomic E-state index is 12.8. The van der Waals surface area contributed by atoms with Crippen molar-refractivity contribution in [1.82, 2.24) is 3.97 Å². The third-order valence-corrected chi connectivity index (χ3v) is 5.14. The van der Waals surface area contributed by atoms with Gasteiger partial charge in [0, 0.05) is 26.7 Å². The average Bonchev–Trinajstić information content (AvgIpc) is 3.00. The summed E-state index contributed by atoms with van der Waals surface area (Å²) in [5.74, 6) is -0.225. The molecule has 0 saturated heterocycles. The number of benzene rings is 1. The van der Waals surface area contributed by atoms with Gasteiger partial charge in [0.05, 0.1) is 10.6 Å². The van der Waals surface area contributed by atoms with Crippen molar-refractivity contribution in [2.24, 2.45) is 0 Å². The van der Waals surface area contributed by atoms with Crippen LogP contribution in [0.15, 0.2) is 60.1 Å². The fourth-order valence-corrected chi connectivity index (χ4v) is 3.53. The largest absolute Gasteiger partial charge is 0.376 e. The zero-order chi connectivity index (χ0) is 17.0. The van der Waals surface area contributed by atoms with Gasteiger partial charge in [-0.05, 0) is 24.6 Å². The van der Waals surface area contributed by atoms with Crippen LogP contribution in [-0.2, 0) is 10.0 Å². The van der Waals surface area contributed by atoms with Gasteiger partial charge in [-0.15, -0.1) is 6.58 Å². The molecule has 5 nitrogen and oxygen atoms in total. The Morgan fingerprint density at radius 1 is 1.26 bits per heavy atom. The number of aromatic nitrogens is 1. The number of hydrogen-bond donors (Lipinski definition) is 0. The van der Waals surface area contributed by atoms with Crippen LogP contribution in [0.25, 0.3) is 0 Å². The van der Waals surface area contributed by atoms with E-state index in [0.717, 1.165) is 3.97 Å². The molecule has 6 heteroatoms. The predicted molar refractivity (Wildman–Crippen MR) is 91.5 cm³/mol. The Kier molecular flexibility index (Phi) is 5.05. The highest BCUT2D eigenvalue weighted by Crippen LogP contribution is 2.24. The standard InChI is InChI=1S/C17H20N2O3S/c1-4-5-11-17(20)16-12-14(18(2)3)13-19(16)23(21,22)15-9-7-6-8-10-15/h4,6-10,12-13H,1,5,11H2,2-3H3. The van der Waals surface area contributed by atoms with Crippen molar-refractivity contribution < 1.29 is 13.2 Å². The first-order valence-electron chi connectivity index (χ1n) is 7.22.